The number of primary amides is 1. The smallest absolute Gasteiger partial charge is 0.271 e. The van der Waals surface area contributed by atoms with Gasteiger partial charge in [-0.15, -0.1) is 0 Å². The Hall–Kier alpha value is -3.07. The van der Waals surface area contributed by atoms with Gasteiger partial charge in [-0.05, 0) is 32.0 Å². The third-order valence-corrected chi connectivity index (χ3v) is 5.94. The van der Waals surface area contributed by atoms with Crippen LogP contribution in [0, 0.1) is 0 Å². The van der Waals surface area contributed by atoms with Gasteiger partial charge in [-0.25, -0.2) is 15.0 Å². The van der Waals surface area contributed by atoms with Crippen molar-refractivity contribution in [2.45, 2.75) is 44.2 Å². The number of carbonyl (C=O) groups is 1. The van der Waals surface area contributed by atoms with Crippen molar-refractivity contribution in [3.8, 4) is 0 Å². The van der Waals surface area contributed by atoms with Crippen molar-refractivity contribution in [1.82, 2.24) is 20.3 Å². The Morgan fingerprint density at radius 1 is 1.33 bits per heavy atom. The molecule has 2 aliphatic rings. The maximum atomic E-state index is 11.9. The second-order valence-corrected chi connectivity index (χ2v) is 7.83. The zero-order valence-electron chi connectivity index (χ0n) is 17.4. The van der Waals surface area contributed by atoms with E-state index in [1.54, 1.807) is 12.4 Å². The van der Waals surface area contributed by atoms with Crippen LogP contribution in [0.15, 0.2) is 29.5 Å². The normalized spacial score (nSPS) is 22.3. The highest BCUT2D eigenvalue weighted by molar-refractivity contribution is 5.99. The van der Waals surface area contributed by atoms with Gasteiger partial charge in [-0.3, -0.25) is 9.78 Å². The minimum absolute atomic E-state index is 0.0836. The van der Waals surface area contributed by atoms with E-state index in [1.165, 1.54) is 12.8 Å². The lowest BCUT2D eigenvalue weighted by molar-refractivity contribution is 0.0996. The maximum Gasteiger partial charge on any atom is 0.271 e. The summed E-state index contributed by atoms with van der Waals surface area (Å²) in [6.45, 7) is 0.559. The van der Waals surface area contributed by atoms with Crippen LogP contribution in [0.1, 0.15) is 41.9 Å². The second kappa shape index (κ2) is 8.74. The molecule has 0 aromatic carbocycles. The summed E-state index contributed by atoms with van der Waals surface area (Å²) >= 11 is 0. The van der Waals surface area contributed by atoms with Crippen LogP contribution in [0.2, 0.25) is 0 Å². The Morgan fingerprint density at radius 3 is 2.97 bits per heavy atom. The standard InChI is InChI=1S/C21H28N8O/c1-23-15-6-3-4-8-17(15)29(2)18-12-26-19(20(22)30)21(28-18)27-13-10-16-14(25-11-13)7-5-9-24-16/h5,7,9,12,15,17,23,25H,3-4,6,8,10-11H2,1-2H3,(H2,22,30). The summed E-state index contributed by atoms with van der Waals surface area (Å²) in [6, 6.07) is 4.59. The van der Waals surface area contributed by atoms with E-state index < -0.39 is 5.91 Å². The van der Waals surface area contributed by atoms with Crippen LogP contribution in [0.5, 0.6) is 0 Å². The van der Waals surface area contributed by atoms with E-state index in [0.29, 0.717) is 30.9 Å². The SMILES string of the molecule is CNC1CCCCC1N(C)c1cnc(C(N)=O)c(N=C2CNc3cccnc3C2)n1. The Morgan fingerprint density at radius 2 is 2.17 bits per heavy atom. The van der Waals surface area contributed by atoms with Crippen molar-refractivity contribution >= 4 is 28.9 Å². The summed E-state index contributed by atoms with van der Waals surface area (Å²) in [5, 5.41) is 6.73. The third-order valence-electron chi connectivity index (χ3n) is 5.94. The van der Waals surface area contributed by atoms with Gasteiger partial charge in [-0.1, -0.05) is 12.8 Å². The van der Waals surface area contributed by atoms with Crippen molar-refractivity contribution in [1.29, 1.82) is 0 Å². The number of nitrogens with two attached hydrogens (primary N) is 1. The van der Waals surface area contributed by atoms with E-state index in [9.17, 15) is 4.79 Å². The minimum Gasteiger partial charge on any atom is -0.378 e. The van der Waals surface area contributed by atoms with Gasteiger partial charge in [-0.2, -0.15) is 0 Å². The highest BCUT2D eigenvalue weighted by Crippen LogP contribution is 2.28. The van der Waals surface area contributed by atoms with Crippen LogP contribution in [0.25, 0.3) is 0 Å². The number of hydrogen-bond acceptors (Lipinski definition) is 8. The first-order chi connectivity index (χ1) is 14.6. The summed E-state index contributed by atoms with van der Waals surface area (Å²) in [6.07, 6.45) is 8.59. The molecule has 158 valence electrons. The molecule has 1 fully saturated rings. The molecular weight excluding hydrogens is 380 g/mol. The van der Waals surface area contributed by atoms with Crippen LogP contribution >= 0.6 is 0 Å². The lowest BCUT2D eigenvalue weighted by Gasteiger charge is -2.38. The van der Waals surface area contributed by atoms with Crippen molar-refractivity contribution in [3.63, 3.8) is 0 Å². The van der Waals surface area contributed by atoms with Crippen molar-refractivity contribution < 1.29 is 4.79 Å². The topological polar surface area (TPSA) is 121 Å². The van der Waals surface area contributed by atoms with Crippen LogP contribution in [-0.2, 0) is 6.42 Å². The predicted octanol–water partition coefficient (Wildman–Crippen LogP) is 1.68. The van der Waals surface area contributed by atoms with Crippen molar-refractivity contribution in [2.24, 2.45) is 10.7 Å². The van der Waals surface area contributed by atoms with Gasteiger partial charge in [0.25, 0.3) is 5.91 Å². The quantitative estimate of drug-likeness (QED) is 0.688. The average Bonchev–Trinajstić information content (AvgIpc) is 2.78. The van der Waals surface area contributed by atoms with E-state index >= 15 is 0 Å². The molecule has 0 spiro atoms. The molecule has 2 unspecified atom stereocenters. The summed E-state index contributed by atoms with van der Waals surface area (Å²) in [5.74, 6) is 0.317. The fourth-order valence-electron chi connectivity index (χ4n) is 4.30. The zero-order valence-corrected chi connectivity index (χ0v) is 17.4. The molecule has 1 aliphatic heterocycles. The number of likely N-dealkylation sites (N-methyl/N-ethyl adjacent to an activating group) is 2. The van der Waals surface area contributed by atoms with Gasteiger partial charge in [0.15, 0.2) is 11.5 Å². The fourth-order valence-corrected chi connectivity index (χ4v) is 4.30. The monoisotopic (exact) mass is 408 g/mol. The molecule has 0 saturated heterocycles. The number of anilines is 2. The molecule has 9 heteroatoms. The van der Waals surface area contributed by atoms with Crippen LogP contribution in [0.4, 0.5) is 17.3 Å². The Kier molecular flexibility index (Phi) is 5.89. The second-order valence-electron chi connectivity index (χ2n) is 7.83. The van der Waals surface area contributed by atoms with Crippen LogP contribution in [0.3, 0.4) is 0 Å². The molecule has 0 radical (unpaired) electrons. The number of hydrogen-bond donors (Lipinski definition) is 3. The number of aromatic nitrogens is 3. The fraction of sp³-hybridized carbons (Fsp3) is 0.476. The molecule has 2 atom stereocenters. The summed E-state index contributed by atoms with van der Waals surface area (Å²) in [7, 11) is 4.02. The molecule has 1 aliphatic carbocycles. The molecule has 1 amide bonds. The van der Waals surface area contributed by atoms with Crippen molar-refractivity contribution in [3.05, 3.63) is 35.9 Å². The largest absolute Gasteiger partial charge is 0.378 e. The minimum atomic E-state index is -0.635. The van der Waals surface area contributed by atoms with Gasteiger partial charge in [0.05, 0.1) is 24.1 Å². The lowest BCUT2D eigenvalue weighted by Crippen LogP contribution is -2.49. The summed E-state index contributed by atoms with van der Waals surface area (Å²) in [5.41, 5.74) is 8.39. The highest BCUT2D eigenvalue weighted by atomic mass is 16.1. The van der Waals surface area contributed by atoms with Gasteiger partial charge < -0.3 is 21.3 Å². The van der Waals surface area contributed by atoms with E-state index in [0.717, 1.165) is 29.9 Å². The van der Waals surface area contributed by atoms with Gasteiger partial charge in [0.1, 0.15) is 5.82 Å². The Balaban J connectivity index is 1.65. The van der Waals surface area contributed by atoms with E-state index in [-0.39, 0.29) is 11.5 Å². The van der Waals surface area contributed by atoms with Gasteiger partial charge >= 0.3 is 0 Å². The number of fused-ring (bicyclic) bond motifs is 1. The molecular formula is C21H28N8O. The first kappa shape index (κ1) is 20.2. The van der Waals surface area contributed by atoms with Gasteiger partial charge in [0.2, 0.25) is 0 Å². The highest BCUT2D eigenvalue weighted by Gasteiger charge is 2.29. The number of aliphatic imine (C=N–C) groups is 1. The first-order valence-electron chi connectivity index (χ1n) is 10.4. The molecule has 4 rings (SSSR count). The molecule has 30 heavy (non-hydrogen) atoms. The third kappa shape index (κ3) is 4.11. The van der Waals surface area contributed by atoms with E-state index in [2.05, 4.69) is 35.5 Å². The number of carbonyl (C=O) groups excluding carboxylic acids is 1. The van der Waals surface area contributed by atoms with Crippen molar-refractivity contribution in [2.75, 3.05) is 30.9 Å². The molecule has 0 bridgehead atoms. The Bertz CT molecular complexity index is 960. The molecule has 2 aromatic rings. The number of pyridine rings is 1. The van der Waals surface area contributed by atoms with E-state index in [4.69, 9.17) is 5.73 Å². The van der Waals surface area contributed by atoms with E-state index in [1.807, 2.05) is 26.2 Å². The molecule has 9 nitrogen and oxygen atoms in total. The molecule has 3 heterocycles. The Labute approximate surface area is 176 Å². The number of nitrogens with zero attached hydrogens (tertiary/aromatic N) is 5. The summed E-state index contributed by atoms with van der Waals surface area (Å²) in [4.78, 5) is 32.1. The average molecular weight is 409 g/mol. The van der Waals surface area contributed by atoms with Crippen LogP contribution in [-0.4, -0.2) is 59.3 Å². The molecule has 4 N–H and O–H groups in total. The molecule has 1 saturated carbocycles. The number of nitrogens with one attached hydrogen (secondary N) is 2. The first-order valence-corrected chi connectivity index (χ1v) is 10.4. The zero-order chi connectivity index (χ0) is 21.1. The number of rotatable bonds is 5. The van der Waals surface area contributed by atoms with Gasteiger partial charge in [0, 0.05) is 37.5 Å². The van der Waals surface area contributed by atoms with Crippen LogP contribution < -0.4 is 21.3 Å². The lowest BCUT2D eigenvalue weighted by atomic mass is 9.89. The number of amides is 1. The maximum absolute atomic E-state index is 11.9. The predicted molar refractivity (Wildman–Crippen MR) is 118 cm³/mol. The molecule has 2 aromatic heterocycles. The summed E-state index contributed by atoms with van der Waals surface area (Å²) < 4.78 is 0.